The molecule has 0 spiro atoms. The Morgan fingerprint density at radius 1 is 1.17 bits per heavy atom. The van der Waals surface area contributed by atoms with Crippen LogP contribution in [0, 0.1) is 0 Å². The van der Waals surface area contributed by atoms with Crippen molar-refractivity contribution in [3.05, 3.63) is 23.8 Å². The summed E-state index contributed by atoms with van der Waals surface area (Å²) in [6.45, 7) is 4.69. The first-order valence-electron chi connectivity index (χ1n) is 5.93. The quantitative estimate of drug-likeness (QED) is 0.716. The van der Waals surface area contributed by atoms with Gasteiger partial charge in [0, 0.05) is 18.9 Å². The molecule has 0 bridgehead atoms. The van der Waals surface area contributed by atoms with Crippen LogP contribution in [-0.2, 0) is 10.1 Å². The Hall–Kier alpha value is -0.740. The molecule has 0 atom stereocenters. The highest BCUT2D eigenvalue weighted by Gasteiger charge is 2.16. The average Bonchev–Trinajstić information content (AvgIpc) is 2.38. The van der Waals surface area contributed by atoms with E-state index in [0.717, 1.165) is 28.8 Å². The molecule has 1 aromatic carbocycles. The third-order valence-corrected chi connectivity index (χ3v) is 3.54. The summed E-state index contributed by atoms with van der Waals surface area (Å²) in [6, 6.07) is 5.93. The lowest BCUT2D eigenvalue weighted by Crippen LogP contribution is -2.25. The molecule has 0 fully saturated rings. The number of halogens is 1. The summed E-state index contributed by atoms with van der Waals surface area (Å²) in [5.74, 6) is 1.54. The zero-order valence-electron chi connectivity index (χ0n) is 11.5. The minimum atomic E-state index is -0.166. The maximum absolute atomic E-state index is 5.78. The minimum Gasteiger partial charge on any atom is -0.493 e. The molecule has 1 rings (SSSR count). The van der Waals surface area contributed by atoms with Crippen LogP contribution in [0.3, 0.4) is 0 Å². The molecule has 1 aromatic rings. The molecular formula is C14H21BrO3. The van der Waals surface area contributed by atoms with Crippen molar-refractivity contribution >= 4 is 15.9 Å². The summed E-state index contributed by atoms with van der Waals surface area (Å²) in [5, 5.41) is 0.802. The van der Waals surface area contributed by atoms with Gasteiger partial charge >= 0.3 is 0 Å². The third-order valence-electron chi connectivity index (χ3n) is 2.90. The number of rotatable bonds is 7. The van der Waals surface area contributed by atoms with Crippen LogP contribution in [-0.4, -0.2) is 26.4 Å². The van der Waals surface area contributed by atoms with Crippen molar-refractivity contribution in [3.8, 4) is 11.5 Å². The lowest BCUT2D eigenvalue weighted by atomic mass is 10.1. The van der Waals surface area contributed by atoms with E-state index in [1.165, 1.54) is 0 Å². The molecule has 0 aliphatic rings. The molecule has 0 aliphatic heterocycles. The van der Waals surface area contributed by atoms with E-state index >= 15 is 0 Å². The molecule has 3 nitrogen and oxygen atoms in total. The van der Waals surface area contributed by atoms with Crippen molar-refractivity contribution in [2.24, 2.45) is 0 Å². The highest BCUT2D eigenvalue weighted by Crippen LogP contribution is 2.29. The maximum atomic E-state index is 5.78. The first kappa shape index (κ1) is 15.3. The smallest absolute Gasteiger partial charge is 0.161 e. The molecule has 0 amide bonds. The second kappa shape index (κ2) is 7.00. The van der Waals surface area contributed by atoms with Crippen molar-refractivity contribution in [3.63, 3.8) is 0 Å². The number of benzene rings is 1. The molecule has 0 saturated heterocycles. The lowest BCUT2D eigenvalue weighted by molar-refractivity contribution is 0.00525. The molecule has 0 unspecified atom stereocenters. The molecule has 0 aromatic heterocycles. The number of ether oxygens (including phenoxy) is 3. The lowest BCUT2D eigenvalue weighted by Gasteiger charge is -2.23. The fourth-order valence-corrected chi connectivity index (χ4v) is 1.77. The zero-order chi connectivity index (χ0) is 13.6. The van der Waals surface area contributed by atoms with Gasteiger partial charge in [0.2, 0.25) is 0 Å². The minimum absolute atomic E-state index is 0.166. The van der Waals surface area contributed by atoms with E-state index in [1.807, 2.05) is 32.0 Å². The van der Waals surface area contributed by atoms with E-state index in [9.17, 15) is 0 Å². The average molecular weight is 317 g/mol. The van der Waals surface area contributed by atoms with Crippen molar-refractivity contribution in [1.82, 2.24) is 0 Å². The van der Waals surface area contributed by atoms with Gasteiger partial charge in [0.05, 0.1) is 19.3 Å². The SMILES string of the molecule is COc1ccc(CBr)cc1OCCC(C)(C)OC. The van der Waals surface area contributed by atoms with Gasteiger partial charge in [-0.05, 0) is 31.5 Å². The monoisotopic (exact) mass is 316 g/mol. The van der Waals surface area contributed by atoms with Crippen molar-refractivity contribution in [1.29, 1.82) is 0 Å². The fourth-order valence-electron chi connectivity index (χ4n) is 1.43. The van der Waals surface area contributed by atoms with Gasteiger partial charge in [0.1, 0.15) is 0 Å². The van der Waals surface area contributed by atoms with Gasteiger partial charge in [-0.3, -0.25) is 0 Å². The Morgan fingerprint density at radius 3 is 2.44 bits per heavy atom. The number of hydrogen-bond acceptors (Lipinski definition) is 3. The number of hydrogen-bond donors (Lipinski definition) is 0. The largest absolute Gasteiger partial charge is 0.493 e. The highest BCUT2D eigenvalue weighted by atomic mass is 79.9. The first-order valence-corrected chi connectivity index (χ1v) is 7.05. The van der Waals surface area contributed by atoms with Crippen LogP contribution in [0.1, 0.15) is 25.8 Å². The van der Waals surface area contributed by atoms with E-state index in [0.29, 0.717) is 6.61 Å². The summed E-state index contributed by atoms with van der Waals surface area (Å²) in [6.07, 6.45) is 0.825. The van der Waals surface area contributed by atoms with Gasteiger partial charge in [-0.2, -0.15) is 0 Å². The molecule has 0 radical (unpaired) electrons. The van der Waals surface area contributed by atoms with E-state index in [2.05, 4.69) is 15.9 Å². The summed E-state index contributed by atoms with van der Waals surface area (Å²) < 4.78 is 16.4. The standard InChI is InChI=1S/C14H21BrO3/c1-14(2,17-4)7-8-18-13-9-11(10-15)5-6-12(13)16-3/h5-6,9H,7-8,10H2,1-4H3. The third kappa shape index (κ3) is 4.50. The summed E-state index contributed by atoms with van der Waals surface area (Å²) in [7, 11) is 3.36. The zero-order valence-corrected chi connectivity index (χ0v) is 13.0. The van der Waals surface area contributed by atoms with Crippen molar-refractivity contribution in [2.45, 2.75) is 31.2 Å². The molecule has 102 valence electrons. The van der Waals surface area contributed by atoms with Crippen molar-refractivity contribution in [2.75, 3.05) is 20.8 Å². The van der Waals surface area contributed by atoms with Crippen LogP contribution in [0.15, 0.2) is 18.2 Å². The topological polar surface area (TPSA) is 27.7 Å². The Morgan fingerprint density at radius 2 is 1.89 bits per heavy atom. The van der Waals surface area contributed by atoms with Gasteiger partial charge in [0.15, 0.2) is 11.5 Å². The van der Waals surface area contributed by atoms with E-state index in [-0.39, 0.29) is 5.60 Å². The van der Waals surface area contributed by atoms with Gasteiger partial charge in [-0.1, -0.05) is 22.0 Å². The Bertz CT molecular complexity index is 377. The van der Waals surface area contributed by atoms with Crippen LogP contribution in [0.2, 0.25) is 0 Å². The summed E-state index contributed by atoms with van der Waals surface area (Å²) in [4.78, 5) is 0. The molecule has 0 N–H and O–H groups in total. The maximum Gasteiger partial charge on any atom is 0.161 e. The van der Waals surface area contributed by atoms with E-state index in [4.69, 9.17) is 14.2 Å². The van der Waals surface area contributed by atoms with E-state index < -0.39 is 0 Å². The second-order valence-corrected chi connectivity index (χ2v) is 5.24. The summed E-state index contributed by atoms with van der Waals surface area (Å²) >= 11 is 3.43. The van der Waals surface area contributed by atoms with Crippen LogP contribution < -0.4 is 9.47 Å². The summed E-state index contributed by atoms with van der Waals surface area (Å²) in [5.41, 5.74) is 0.997. The number of methoxy groups -OCH3 is 2. The first-order chi connectivity index (χ1) is 8.52. The van der Waals surface area contributed by atoms with Crippen LogP contribution in [0.5, 0.6) is 11.5 Å². The molecule has 18 heavy (non-hydrogen) atoms. The fraction of sp³-hybridized carbons (Fsp3) is 0.571. The van der Waals surface area contributed by atoms with Gasteiger partial charge in [-0.25, -0.2) is 0 Å². The molecule has 4 heteroatoms. The van der Waals surface area contributed by atoms with Crippen LogP contribution in [0.25, 0.3) is 0 Å². The molecular weight excluding hydrogens is 296 g/mol. The molecule has 0 heterocycles. The van der Waals surface area contributed by atoms with Crippen molar-refractivity contribution < 1.29 is 14.2 Å². The number of alkyl halides is 1. The van der Waals surface area contributed by atoms with Crippen LogP contribution in [0.4, 0.5) is 0 Å². The molecule has 0 saturated carbocycles. The molecule has 0 aliphatic carbocycles. The van der Waals surface area contributed by atoms with Gasteiger partial charge in [-0.15, -0.1) is 0 Å². The van der Waals surface area contributed by atoms with Gasteiger partial charge in [0.25, 0.3) is 0 Å². The Kier molecular flexibility index (Phi) is 5.96. The Labute approximate surface area is 118 Å². The van der Waals surface area contributed by atoms with Crippen LogP contribution >= 0.6 is 15.9 Å². The van der Waals surface area contributed by atoms with Gasteiger partial charge < -0.3 is 14.2 Å². The highest BCUT2D eigenvalue weighted by molar-refractivity contribution is 9.08. The predicted molar refractivity (Wildman–Crippen MR) is 76.8 cm³/mol. The van der Waals surface area contributed by atoms with E-state index in [1.54, 1.807) is 14.2 Å². The normalized spacial score (nSPS) is 11.4. The predicted octanol–water partition coefficient (Wildman–Crippen LogP) is 3.78. The second-order valence-electron chi connectivity index (χ2n) is 4.68. The Balaban J connectivity index is 2.65.